The zero-order valence-corrected chi connectivity index (χ0v) is 11.3. The number of carboxylic acids is 1. The van der Waals surface area contributed by atoms with E-state index >= 15 is 0 Å². The van der Waals surface area contributed by atoms with Gasteiger partial charge in [0.2, 0.25) is 0 Å². The fraction of sp³-hybridized carbons (Fsp3) is 0.417. The minimum atomic E-state index is -4.94. The highest BCUT2D eigenvalue weighted by molar-refractivity contribution is 6.33. The first-order valence-electron chi connectivity index (χ1n) is 5.88. The van der Waals surface area contributed by atoms with E-state index in [0.717, 1.165) is 11.1 Å². The number of aromatic nitrogens is 1. The van der Waals surface area contributed by atoms with Gasteiger partial charge in [-0.2, -0.15) is 13.2 Å². The molecule has 9 heteroatoms. The van der Waals surface area contributed by atoms with Crippen molar-refractivity contribution in [2.24, 2.45) is 5.41 Å². The zero-order chi connectivity index (χ0) is 15.8. The third kappa shape index (κ3) is 2.55. The lowest BCUT2D eigenvalue weighted by Crippen LogP contribution is -2.47. The number of aliphatic carboxylic acids is 1. The van der Waals surface area contributed by atoms with Crippen LogP contribution in [0.2, 0.25) is 5.02 Å². The van der Waals surface area contributed by atoms with Crippen LogP contribution in [-0.4, -0.2) is 46.1 Å². The Morgan fingerprint density at radius 1 is 1.43 bits per heavy atom. The molecule has 1 saturated heterocycles. The Morgan fingerprint density at radius 3 is 2.57 bits per heavy atom. The molecule has 2 rings (SSSR count). The lowest BCUT2D eigenvalue weighted by molar-refractivity contribution is -0.227. The van der Waals surface area contributed by atoms with Gasteiger partial charge < -0.3 is 10.0 Å². The molecule has 1 atom stereocenters. The molecule has 5 nitrogen and oxygen atoms in total. The highest BCUT2D eigenvalue weighted by Gasteiger charge is 2.64. The van der Waals surface area contributed by atoms with E-state index in [9.17, 15) is 22.8 Å². The van der Waals surface area contributed by atoms with Gasteiger partial charge in [0.15, 0.2) is 5.41 Å². The molecule has 21 heavy (non-hydrogen) atoms. The van der Waals surface area contributed by atoms with Crippen molar-refractivity contribution in [3.8, 4) is 0 Å². The van der Waals surface area contributed by atoms with Gasteiger partial charge in [0, 0.05) is 25.5 Å². The van der Waals surface area contributed by atoms with Gasteiger partial charge in [-0.1, -0.05) is 11.6 Å². The van der Waals surface area contributed by atoms with Crippen molar-refractivity contribution < 1.29 is 27.9 Å². The third-order valence-corrected chi connectivity index (χ3v) is 3.84. The lowest BCUT2D eigenvalue weighted by atomic mass is 9.86. The monoisotopic (exact) mass is 322 g/mol. The van der Waals surface area contributed by atoms with E-state index in [1.54, 1.807) is 0 Å². The van der Waals surface area contributed by atoms with Crippen LogP contribution in [0.1, 0.15) is 16.8 Å². The van der Waals surface area contributed by atoms with Crippen LogP contribution in [0.5, 0.6) is 0 Å². The van der Waals surface area contributed by atoms with Crippen LogP contribution < -0.4 is 0 Å². The second kappa shape index (κ2) is 5.18. The maximum Gasteiger partial charge on any atom is 0.406 e. The molecule has 2 heterocycles. The summed E-state index contributed by atoms with van der Waals surface area (Å²) in [5.41, 5.74) is -2.99. The standard InChI is InChI=1S/C12H10ClF3N2O3/c13-8-1-3-17-5-7(8)9(19)18-4-2-11(6-18,10(20)21)12(14,15)16/h1,3,5H,2,4,6H2,(H,20,21). The second-order valence-electron chi connectivity index (χ2n) is 4.72. The second-order valence-corrected chi connectivity index (χ2v) is 5.12. The molecule has 1 N–H and O–H groups in total. The van der Waals surface area contributed by atoms with Crippen molar-refractivity contribution in [3.63, 3.8) is 0 Å². The molecule has 0 bridgehead atoms. The number of carbonyl (C=O) groups excluding carboxylic acids is 1. The van der Waals surface area contributed by atoms with E-state index in [-0.39, 0.29) is 17.1 Å². The number of amides is 1. The molecule has 114 valence electrons. The quantitative estimate of drug-likeness (QED) is 0.906. The SMILES string of the molecule is O=C(c1cnccc1Cl)N1CCC(C(=O)O)(C(F)(F)F)C1. The fourth-order valence-electron chi connectivity index (χ4n) is 2.22. The van der Waals surface area contributed by atoms with Crippen molar-refractivity contribution >= 4 is 23.5 Å². The average molecular weight is 323 g/mol. The highest BCUT2D eigenvalue weighted by atomic mass is 35.5. The third-order valence-electron chi connectivity index (χ3n) is 3.51. The van der Waals surface area contributed by atoms with Crippen LogP contribution in [-0.2, 0) is 4.79 Å². The smallest absolute Gasteiger partial charge is 0.406 e. The molecular weight excluding hydrogens is 313 g/mol. The summed E-state index contributed by atoms with van der Waals surface area (Å²) in [6.07, 6.45) is -3.15. The molecule has 0 aliphatic carbocycles. The van der Waals surface area contributed by atoms with E-state index in [2.05, 4.69) is 4.98 Å². The Bertz CT molecular complexity index is 593. The number of carboxylic acid groups (broad SMARTS) is 1. The molecule has 1 unspecified atom stereocenters. The number of pyridine rings is 1. The Kier molecular flexibility index (Phi) is 3.83. The first-order valence-corrected chi connectivity index (χ1v) is 6.26. The summed E-state index contributed by atoms with van der Waals surface area (Å²) >= 11 is 5.80. The summed E-state index contributed by atoms with van der Waals surface area (Å²) in [5, 5.41) is 8.98. The first kappa shape index (κ1) is 15.6. The largest absolute Gasteiger partial charge is 0.481 e. The minimum absolute atomic E-state index is 0.0508. The maximum atomic E-state index is 13.0. The van der Waals surface area contributed by atoms with Crippen LogP contribution in [0.3, 0.4) is 0 Å². The number of halogens is 4. The first-order chi connectivity index (χ1) is 9.69. The molecule has 0 radical (unpaired) electrons. The van der Waals surface area contributed by atoms with E-state index in [1.165, 1.54) is 12.3 Å². The van der Waals surface area contributed by atoms with Gasteiger partial charge in [-0.25, -0.2) is 0 Å². The van der Waals surface area contributed by atoms with Crippen LogP contribution in [0.15, 0.2) is 18.5 Å². The number of hydrogen-bond donors (Lipinski definition) is 1. The topological polar surface area (TPSA) is 70.5 Å². The number of carbonyl (C=O) groups is 2. The normalized spacial score (nSPS) is 22.4. The Balaban J connectivity index is 2.28. The maximum absolute atomic E-state index is 13.0. The van der Waals surface area contributed by atoms with Crippen LogP contribution in [0.25, 0.3) is 0 Å². The molecule has 1 aliphatic heterocycles. The van der Waals surface area contributed by atoms with Crippen LogP contribution >= 0.6 is 11.6 Å². The molecular formula is C12H10ClF3N2O3. The minimum Gasteiger partial charge on any atom is -0.481 e. The average Bonchev–Trinajstić information content (AvgIpc) is 2.84. The van der Waals surface area contributed by atoms with Gasteiger partial charge in [0.05, 0.1) is 10.6 Å². The van der Waals surface area contributed by atoms with E-state index < -0.39 is 36.4 Å². The van der Waals surface area contributed by atoms with Crippen molar-refractivity contribution in [3.05, 3.63) is 29.0 Å². The molecule has 0 spiro atoms. The van der Waals surface area contributed by atoms with Crippen molar-refractivity contribution in [2.75, 3.05) is 13.1 Å². The molecule has 1 aliphatic rings. The Labute approximate surface area is 122 Å². The number of nitrogens with zero attached hydrogens (tertiary/aromatic N) is 2. The van der Waals surface area contributed by atoms with Gasteiger partial charge in [0.25, 0.3) is 5.91 Å². The Hall–Kier alpha value is -1.83. The number of alkyl halides is 3. The summed E-state index contributed by atoms with van der Waals surface area (Å²) in [6.45, 7) is -1.24. The summed E-state index contributed by atoms with van der Waals surface area (Å²) in [7, 11) is 0. The summed E-state index contributed by atoms with van der Waals surface area (Å²) in [6, 6.07) is 1.33. The van der Waals surface area contributed by atoms with E-state index in [4.69, 9.17) is 16.7 Å². The number of hydrogen-bond acceptors (Lipinski definition) is 3. The van der Waals surface area contributed by atoms with Gasteiger partial charge in [0.1, 0.15) is 0 Å². The number of likely N-dealkylation sites (tertiary alicyclic amines) is 1. The van der Waals surface area contributed by atoms with E-state index in [0.29, 0.717) is 0 Å². The Morgan fingerprint density at radius 2 is 2.10 bits per heavy atom. The summed E-state index contributed by atoms with van der Waals surface area (Å²) in [5.74, 6) is -2.75. The van der Waals surface area contributed by atoms with Gasteiger partial charge in [-0.3, -0.25) is 14.6 Å². The van der Waals surface area contributed by atoms with Crippen molar-refractivity contribution in [1.82, 2.24) is 9.88 Å². The van der Waals surface area contributed by atoms with E-state index in [1.807, 2.05) is 0 Å². The van der Waals surface area contributed by atoms with Gasteiger partial charge >= 0.3 is 12.1 Å². The van der Waals surface area contributed by atoms with Gasteiger partial charge in [-0.15, -0.1) is 0 Å². The van der Waals surface area contributed by atoms with Crippen molar-refractivity contribution in [2.45, 2.75) is 12.6 Å². The fourth-order valence-corrected chi connectivity index (χ4v) is 2.40. The summed E-state index contributed by atoms with van der Waals surface area (Å²) < 4.78 is 39.1. The molecule has 1 aromatic rings. The predicted octanol–water partition coefficient (Wildman–Crippen LogP) is 2.21. The molecule has 1 aromatic heterocycles. The highest BCUT2D eigenvalue weighted by Crippen LogP contribution is 2.46. The summed E-state index contributed by atoms with van der Waals surface area (Å²) in [4.78, 5) is 27.7. The predicted molar refractivity (Wildman–Crippen MR) is 65.9 cm³/mol. The number of rotatable bonds is 2. The molecule has 0 aromatic carbocycles. The molecule has 1 amide bonds. The van der Waals surface area contributed by atoms with Gasteiger partial charge in [-0.05, 0) is 12.5 Å². The van der Waals surface area contributed by atoms with Crippen molar-refractivity contribution in [1.29, 1.82) is 0 Å². The van der Waals surface area contributed by atoms with Crippen LogP contribution in [0, 0.1) is 5.41 Å². The molecule has 1 fully saturated rings. The molecule has 0 saturated carbocycles. The zero-order valence-electron chi connectivity index (χ0n) is 10.5. The van der Waals surface area contributed by atoms with Crippen LogP contribution in [0.4, 0.5) is 13.2 Å². The lowest BCUT2D eigenvalue weighted by Gasteiger charge is -2.27.